The molecule has 2 aromatic heterocycles. The van der Waals surface area contributed by atoms with E-state index >= 15 is 0 Å². The van der Waals surface area contributed by atoms with Gasteiger partial charge in [0.1, 0.15) is 23.5 Å². The van der Waals surface area contributed by atoms with E-state index in [2.05, 4.69) is 30.9 Å². The maximum absolute atomic E-state index is 14.6. The number of nitrogens with zero attached hydrogens (tertiary/aromatic N) is 3. The normalized spacial score (nSPS) is 16.0. The fraction of sp³-hybridized carbons (Fsp3) is 0.333. The van der Waals surface area contributed by atoms with Crippen LogP contribution in [-0.4, -0.2) is 45.2 Å². The van der Waals surface area contributed by atoms with E-state index in [1.165, 1.54) is 11.6 Å². The fourth-order valence-electron chi connectivity index (χ4n) is 3.94. The second-order valence-corrected chi connectivity index (χ2v) is 8.97. The summed E-state index contributed by atoms with van der Waals surface area (Å²) in [4.78, 5) is 25.0. The number of halogens is 4. The van der Waals surface area contributed by atoms with Gasteiger partial charge in [-0.25, -0.2) is 14.4 Å². The largest absolute Gasteiger partial charge is 0.405 e. The summed E-state index contributed by atoms with van der Waals surface area (Å²) >= 11 is 0. The average Bonchev–Trinajstić information content (AvgIpc) is 3.62. The van der Waals surface area contributed by atoms with Crippen LogP contribution in [-0.2, 0) is 18.6 Å². The molecule has 0 bridgehead atoms. The van der Waals surface area contributed by atoms with Crippen molar-refractivity contribution >= 4 is 29.2 Å². The SMILES string of the molecule is O=C(NCC(F)(F)F)c1cnc(Nc2ccc3c(c2)CNCC3)nc1Nc1nc(C2(O)CC2)ccc1F. The van der Waals surface area contributed by atoms with Gasteiger partial charge in [0.2, 0.25) is 5.95 Å². The Bertz CT molecular complexity index is 1350. The number of fused-ring (bicyclic) bond motifs is 1. The molecule has 1 aliphatic carbocycles. The van der Waals surface area contributed by atoms with Gasteiger partial charge in [-0.1, -0.05) is 6.07 Å². The number of carbonyl (C=O) groups is 1. The van der Waals surface area contributed by atoms with Gasteiger partial charge in [0.25, 0.3) is 5.91 Å². The van der Waals surface area contributed by atoms with Crippen LogP contribution in [0.25, 0.3) is 0 Å². The Kier molecular flexibility index (Phi) is 6.42. The van der Waals surface area contributed by atoms with Gasteiger partial charge in [0.15, 0.2) is 11.6 Å². The van der Waals surface area contributed by atoms with E-state index < -0.39 is 30.0 Å². The number of hydrogen-bond donors (Lipinski definition) is 5. The van der Waals surface area contributed by atoms with E-state index in [-0.39, 0.29) is 28.8 Å². The molecule has 5 rings (SSSR count). The van der Waals surface area contributed by atoms with Crippen LogP contribution in [0.15, 0.2) is 36.5 Å². The zero-order valence-corrected chi connectivity index (χ0v) is 19.4. The lowest BCUT2D eigenvalue weighted by atomic mass is 10.0. The van der Waals surface area contributed by atoms with Gasteiger partial charge in [-0.15, -0.1) is 0 Å². The van der Waals surface area contributed by atoms with Gasteiger partial charge in [-0.2, -0.15) is 18.2 Å². The zero-order chi connectivity index (χ0) is 26.2. The van der Waals surface area contributed by atoms with E-state index in [9.17, 15) is 27.5 Å². The molecule has 1 aromatic carbocycles. The van der Waals surface area contributed by atoms with E-state index in [1.807, 2.05) is 18.2 Å². The van der Waals surface area contributed by atoms with E-state index in [0.29, 0.717) is 25.1 Å². The third-order valence-electron chi connectivity index (χ3n) is 6.11. The molecule has 0 atom stereocenters. The second-order valence-electron chi connectivity index (χ2n) is 8.97. The lowest BCUT2D eigenvalue weighted by Gasteiger charge is -2.18. The predicted octanol–water partition coefficient (Wildman–Crippen LogP) is 3.42. The summed E-state index contributed by atoms with van der Waals surface area (Å²) in [5, 5.41) is 21.0. The predicted molar refractivity (Wildman–Crippen MR) is 126 cm³/mol. The molecule has 5 N–H and O–H groups in total. The Morgan fingerprint density at radius 2 is 1.89 bits per heavy atom. The molecule has 0 saturated heterocycles. The van der Waals surface area contributed by atoms with Gasteiger partial charge in [-0.3, -0.25) is 4.79 Å². The molecule has 3 aromatic rings. The molecule has 2 aliphatic rings. The summed E-state index contributed by atoms with van der Waals surface area (Å²) in [6, 6.07) is 8.19. The number of alkyl halides is 3. The molecular weight excluding hydrogens is 494 g/mol. The van der Waals surface area contributed by atoms with Crippen molar-refractivity contribution in [3.05, 3.63) is 64.7 Å². The molecular formula is C24H23F4N7O2. The average molecular weight is 517 g/mol. The second kappa shape index (κ2) is 9.56. The molecule has 9 nitrogen and oxygen atoms in total. The van der Waals surface area contributed by atoms with E-state index in [1.54, 1.807) is 5.32 Å². The number of benzene rings is 1. The highest BCUT2D eigenvalue weighted by atomic mass is 19.4. The first-order valence-electron chi connectivity index (χ1n) is 11.6. The molecule has 1 saturated carbocycles. The summed E-state index contributed by atoms with van der Waals surface area (Å²) in [7, 11) is 0. The Labute approximate surface area is 208 Å². The van der Waals surface area contributed by atoms with Crippen molar-refractivity contribution < 1.29 is 27.5 Å². The van der Waals surface area contributed by atoms with Gasteiger partial charge < -0.3 is 26.4 Å². The van der Waals surface area contributed by atoms with Crippen LogP contribution in [0.3, 0.4) is 0 Å². The number of nitrogens with one attached hydrogen (secondary N) is 4. The Morgan fingerprint density at radius 3 is 2.65 bits per heavy atom. The molecule has 1 fully saturated rings. The molecule has 13 heteroatoms. The van der Waals surface area contributed by atoms with Crippen LogP contribution in [0.5, 0.6) is 0 Å². The molecule has 3 heterocycles. The third kappa shape index (κ3) is 5.78. The summed E-state index contributed by atoms with van der Waals surface area (Å²) in [6.45, 7) is 0.0208. The van der Waals surface area contributed by atoms with Gasteiger partial charge in [-0.05, 0) is 61.2 Å². The molecule has 0 unspecified atom stereocenters. The van der Waals surface area contributed by atoms with Gasteiger partial charge >= 0.3 is 6.18 Å². The minimum atomic E-state index is -4.63. The van der Waals surface area contributed by atoms with Crippen molar-refractivity contribution in [2.24, 2.45) is 0 Å². The summed E-state index contributed by atoms with van der Waals surface area (Å²) in [6.07, 6.45) is -1.76. The summed E-state index contributed by atoms with van der Waals surface area (Å²) in [5.74, 6) is -2.49. The number of anilines is 4. The number of amides is 1. The molecule has 0 spiro atoms. The smallest absolute Gasteiger partial charge is 0.384 e. The third-order valence-corrected chi connectivity index (χ3v) is 6.11. The molecule has 1 amide bonds. The first kappa shape index (κ1) is 24.8. The number of carbonyl (C=O) groups excluding carboxylic acids is 1. The lowest BCUT2D eigenvalue weighted by molar-refractivity contribution is -0.123. The highest BCUT2D eigenvalue weighted by Crippen LogP contribution is 2.44. The number of hydrogen-bond acceptors (Lipinski definition) is 8. The minimum Gasteiger partial charge on any atom is -0.384 e. The molecule has 194 valence electrons. The molecule has 0 radical (unpaired) electrons. The first-order chi connectivity index (χ1) is 17.6. The lowest BCUT2D eigenvalue weighted by Crippen LogP contribution is -2.34. The summed E-state index contributed by atoms with van der Waals surface area (Å²) < 4.78 is 52.6. The Balaban J connectivity index is 1.46. The van der Waals surface area contributed by atoms with Crippen LogP contribution in [0.2, 0.25) is 0 Å². The minimum absolute atomic E-state index is 0.0241. The maximum atomic E-state index is 14.6. The molecule has 1 aliphatic heterocycles. The first-order valence-corrected chi connectivity index (χ1v) is 11.6. The van der Waals surface area contributed by atoms with E-state index in [4.69, 9.17) is 0 Å². The Morgan fingerprint density at radius 1 is 1.08 bits per heavy atom. The van der Waals surface area contributed by atoms with Gasteiger partial charge in [0.05, 0.1) is 5.69 Å². The fourth-order valence-corrected chi connectivity index (χ4v) is 3.94. The maximum Gasteiger partial charge on any atom is 0.405 e. The van der Waals surface area contributed by atoms with Crippen molar-refractivity contribution in [2.75, 3.05) is 23.7 Å². The van der Waals surface area contributed by atoms with Gasteiger partial charge in [0, 0.05) is 18.4 Å². The number of aromatic nitrogens is 3. The van der Waals surface area contributed by atoms with Crippen molar-refractivity contribution in [3.8, 4) is 0 Å². The zero-order valence-electron chi connectivity index (χ0n) is 19.4. The molecule has 37 heavy (non-hydrogen) atoms. The number of pyridine rings is 1. The standard InChI is InChI=1S/C24H23F4N7O2/c25-17-3-4-18(23(37)6-7-23)33-20(17)34-19-16(21(36)31-12-24(26,27)28)11-30-22(35-19)32-15-2-1-13-5-8-29-10-14(13)9-15/h1-4,9,11,29,37H,5-8,10,12H2,(H,31,36)(H2,30,32,33,34,35). The van der Waals surface area contributed by atoms with Crippen molar-refractivity contribution in [3.63, 3.8) is 0 Å². The monoisotopic (exact) mass is 517 g/mol. The van der Waals surface area contributed by atoms with Crippen LogP contribution in [0, 0.1) is 5.82 Å². The highest BCUT2D eigenvalue weighted by molar-refractivity contribution is 5.99. The number of aliphatic hydroxyl groups is 1. The van der Waals surface area contributed by atoms with Crippen LogP contribution in [0.1, 0.15) is 40.0 Å². The topological polar surface area (TPSA) is 124 Å². The van der Waals surface area contributed by atoms with Crippen LogP contribution >= 0.6 is 0 Å². The van der Waals surface area contributed by atoms with Crippen molar-refractivity contribution in [2.45, 2.75) is 37.6 Å². The quantitative estimate of drug-likeness (QED) is 0.302. The number of rotatable bonds is 7. The highest BCUT2D eigenvalue weighted by Gasteiger charge is 2.44. The van der Waals surface area contributed by atoms with E-state index in [0.717, 1.165) is 30.8 Å². The summed E-state index contributed by atoms with van der Waals surface area (Å²) in [5.41, 5.74) is 1.69. The van der Waals surface area contributed by atoms with Crippen LogP contribution < -0.4 is 21.3 Å². The Hall–Kier alpha value is -3.84. The van der Waals surface area contributed by atoms with Crippen LogP contribution in [0.4, 0.5) is 40.8 Å². The van der Waals surface area contributed by atoms with Crippen molar-refractivity contribution in [1.82, 2.24) is 25.6 Å². The van der Waals surface area contributed by atoms with Crippen molar-refractivity contribution in [1.29, 1.82) is 0 Å².